The number of carbonyl (C=O) groups is 1. The monoisotopic (exact) mass is 260 g/mol. The molecule has 2 bridgehead atoms. The normalized spacial score (nSPS) is 24.8. The lowest BCUT2D eigenvalue weighted by atomic mass is 10.1. The number of allylic oxidation sites excluding steroid dienone is 4. The number of azo groups is 1. The molecule has 0 N–H and O–H groups in total. The Morgan fingerprint density at radius 2 is 2.00 bits per heavy atom. The van der Waals surface area contributed by atoms with Crippen molar-refractivity contribution < 1.29 is 9.53 Å². The van der Waals surface area contributed by atoms with Gasteiger partial charge >= 0.3 is 5.97 Å². The topological polar surface area (TPSA) is 51.0 Å². The largest absolute Gasteiger partial charge is 0.466 e. The summed E-state index contributed by atoms with van der Waals surface area (Å²) in [6, 6.07) is 0.784. The van der Waals surface area contributed by atoms with Crippen LogP contribution in [0.15, 0.2) is 46.2 Å². The Morgan fingerprint density at radius 1 is 1.26 bits per heavy atom. The molecule has 1 heterocycles. The van der Waals surface area contributed by atoms with Gasteiger partial charge in [-0.1, -0.05) is 24.3 Å². The standard InChI is InChI=1S/C15H20N2O2/c1-19-15(18)9-7-5-3-2-4-6-8-12-13-10-11-14(12)17-16-13/h3,5,7-9,13-14H,2,4,6,10-11H2,1H3/b5-3+,9-7+,12-8?. The predicted octanol–water partition coefficient (Wildman–Crippen LogP) is 3.37. The van der Waals surface area contributed by atoms with Crippen LogP contribution in [0.25, 0.3) is 0 Å². The van der Waals surface area contributed by atoms with E-state index in [1.807, 2.05) is 6.08 Å². The molecule has 4 nitrogen and oxygen atoms in total. The van der Waals surface area contributed by atoms with Crippen molar-refractivity contribution in [2.75, 3.05) is 7.11 Å². The second kappa shape index (κ2) is 7.02. The second-order valence-electron chi connectivity index (χ2n) is 4.79. The third kappa shape index (κ3) is 3.88. The number of unbranched alkanes of at least 4 members (excludes halogenated alkanes) is 2. The average molecular weight is 260 g/mol. The number of methoxy groups -OCH3 is 1. The van der Waals surface area contributed by atoms with Crippen LogP contribution < -0.4 is 0 Å². The number of hydrogen-bond donors (Lipinski definition) is 0. The van der Waals surface area contributed by atoms with Crippen LogP contribution in [-0.2, 0) is 9.53 Å². The van der Waals surface area contributed by atoms with Crippen molar-refractivity contribution in [1.29, 1.82) is 0 Å². The molecular formula is C15H20N2O2. The van der Waals surface area contributed by atoms with E-state index in [1.54, 1.807) is 6.08 Å². The Morgan fingerprint density at radius 3 is 2.63 bits per heavy atom. The third-order valence-corrected chi connectivity index (χ3v) is 3.46. The van der Waals surface area contributed by atoms with Crippen LogP contribution in [0.5, 0.6) is 0 Å². The van der Waals surface area contributed by atoms with Crippen LogP contribution in [-0.4, -0.2) is 25.2 Å². The Hall–Kier alpha value is -1.71. The molecule has 2 aliphatic rings. The summed E-state index contributed by atoms with van der Waals surface area (Å²) in [6.45, 7) is 0. The molecule has 0 aromatic rings. The molecule has 2 atom stereocenters. The SMILES string of the molecule is COC(=O)/C=C/C=C/CCCC=C1C2CCC1N=N2. The minimum atomic E-state index is -0.321. The number of ether oxygens (including phenoxy) is 1. The highest BCUT2D eigenvalue weighted by Crippen LogP contribution is 2.36. The summed E-state index contributed by atoms with van der Waals surface area (Å²) in [5.74, 6) is -0.321. The van der Waals surface area contributed by atoms with Crippen molar-refractivity contribution in [2.45, 2.75) is 44.2 Å². The first-order valence-corrected chi connectivity index (χ1v) is 6.82. The molecule has 1 aliphatic carbocycles. The van der Waals surface area contributed by atoms with Crippen LogP contribution >= 0.6 is 0 Å². The van der Waals surface area contributed by atoms with E-state index in [-0.39, 0.29) is 5.97 Å². The highest BCUT2D eigenvalue weighted by Gasteiger charge is 2.34. The van der Waals surface area contributed by atoms with E-state index in [1.165, 1.54) is 31.6 Å². The van der Waals surface area contributed by atoms with Gasteiger partial charge < -0.3 is 4.74 Å². The van der Waals surface area contributed by atoms with Gasteiger partial charge in [0.25, 0.3) is 0 Å². The van der Waals surface area contributed by atoms with Crippen LogP contribution in [0.1, 0.15) is 32.1 Å². The van der Waals surface area contributed by atoms with Gasteiger partial charge in [-0.3, -0.25) is 0 Å². The maximum Gasteiger partial charge on any atom is 0.330 e. The van der Waals surface area contributed by atoms with Crippen LogP contribution in [0.2, 0.25) is 0 Å². The van der Waals surface area contributed by atoms with Gasteiger partial charge in [-0.25, -0.2) is 4.79 Å². The second-order valence-corrected chi connectivity index (χ2v) is 4.79. The van der Waals surface area contributed by atoms with E-state index in [0.29, 0.717) is 12.1 Å². The zero-order valence-corrected chi connectivity index (χ0v) is 11.3. The van der Waals surface area contributed by atoms with Gasteiger partial charge in [-0.05, 0) is 37.7 Å². The van der Waals surface area contributed by atoms with Gasteiger partial charge in [0.05, 0.1) is 19.2 Å². The molecule has 0 spiro atoms. The van der Waals surface area contributed by atoms with Crippen molar-refractivity contribution in [3.8, 4) is 0 Å². The number of carbonyl (C=O) groups excluding carboxylic acids is 1. The van der Waals surface area contributed by atoms with Crippen LogP contribution in [0.3, 0.4) is 0 Å². The van der Waals surface area contributed by atoms with Gasteiger partial charge in [0.2, 0.25) is 0 Å². The van der Waals surface area contributed by atoms with Crippen molar-refractivity contribution in [1.82, 2.24) is 0 Å². The summed E-state index contributed by atoms with van der Waals surface area (Å²) in [7, 11) is 1.37. The molecule has 0 aromatic carbocycles. The number of rotatable bonds is 6. The first kappa shape index (κ1) is 13.7. The Balaban J connectivity index is 1.60. The molecule has 0 amide bonds. The Bertz CT molecular complexity index is 419. The van der Waals surface area contributed by atoms with E-state index in [0.717, 1.165) is 19.3 Å². The smallest absolute Gasteiger partial charge is 0.330 e. The Kier molecular flexibility index (Phi) is 5.07. The molecule has 4 heteroatoms. The summed E-state index contributed by atoms with van der Waals surface area (Å²) >= 11 is 0. The molecule has 1 saturated carbocycles. The molecule has 19 heavy (non-hydrogen) atoms. The summed E-state index contributed by atoms with van der Waals surface area (Å²) in [5, 5.41) is 8.48. The number of nitrogens with zero attached hydrogens (tertiary/aromatic N) is 2. The van der Waals surface area contributed by atoms with Crippen molar-refractivity contribution >= 4 is 5.97 Å². The predicted molar refractivity (Wildman–Crippen MR) is 73.9 cm³/mol. The zero-order valence-electron chi connectivity index (χ0n) is 11.3. The molecule has 102 valence electrons. The van der Waals surface area contributed by atoms with Gasteiger partial charge in [0.15, 0.2) is 0 Å². The minimum absolute atomic E-state index is 0.321. The van der Waals surface area contributed by atoms with E-state index in [2.05, 4.69) is 27.1 Å². The summed E-state index contributed by atoms with van der Waals surface area (Å²) in [4.78, 5) is 10.8. The highest BCUT2D eigenvalue weighted by atomic mass is 16.5. The fourth-order valence-electron chi connectivity index (χ4n) is 2.43. The van der Waals surface area contributed by atoms with E-state index in [4.69, 9.17) is 0 Å². The van der Waals surface area contributed by atoms with E-state index in [9.17, 15) is 4.79 Å². The van der Waals surface area contributed by atoms with Gasteiger partial charge in [-0.2, -0.15) is 10.2 Å². The number of hydrogen-bond acceptors (Lipinski definition) is 4. The van der Waals surface area contributed by atoms with Crippen LogP contribution in [0.4, 0.5) is 0 Å². The maximum atomic E-state index is 10.8. The molecule has 0 aromatic heterocycles. The third-order valence-electron chi connectivity index (χ3n) is 3.46. The van der Waals surface area contributed by atoms with Gasteiger partial charge in [-0.15, -0.1) is 0 Å². The number of fused-ring (bicyclic) bond motifs is 2. The average Bonchev–Trinajstić information content (AvgIpc) is 3.01. The zero-order chi connectivity index (χ0) is 13.5. The molecule has 2 unspecified atom stereocenters. The van der Waals surface area contributed by atoms with Gasteiger partial charge in [0.1, 0.15) is 0 Å². The molecule has 0 radical (unpaired) electrons. The summed E-state index contributed by atoms with van der Waals surface area (Å²) < 4.78 is 4.49. The number of esters is 1. The van der Waals surface area contributed by atoms with Crippen molar-refractivity contribution in [3.05, 3.63) is 36.0 Å². The molecular weight excluding hydrogens is 240 g/mol. The summed E-state index contributed by atoms with van der Waals surface area (Å²) in [5.41, 5.74) is 1.44. The fourth-order valence-corrected chi connectivity index (χ4v) is 2.43. The van der Waals surface area contributed by atoms with Crippen molar-refractivity contribution in [3.63, 3.8) is 0 Å². The summed E-state index contributed by atoms with van der Waals surface area (Å²) in [6.07, 6.45) is 15.0. The van der Waals surface area contributed by atoms with Crippen molar-refractivity contribution in [2.24, 2.45) is 10.2 Å². The first-order chi connectivity index (χ1) is 9.31. The first-order valence-electron chi connectivity index (χ1n) is 6.82. The van der Waals surface area contributed by atoms with Crippen LogP contribution in [0, 0.1) is 0 Å². The molecule has 2 rings (SSSR count). The molecule has 0 saturated heterocycles. The minimum Gasteiger partial charge on any atom is -0.466 e. The lowest BCUT2D eigenvalue weighted by Crippen LogP contribution is -1.98. The molecule has 1 aliphatic heterocycles. The quantitative estimate of drug-likeness (QED) is 0.242. The van der Waals surface area contributed by atoms with E-state index < -0.39 is 0 Å². The lowest BCUT2D eigenvalue weighted by Gasteiger charge is -1.99. The molecule has 1 fully saturated rings. The fraction of sp³-hybridized carbons (Fsp3) is 0.533. The van der Waals surface area contributed by atoms with E-state index >= 15 is 0 Å². The lowest BCUT2D eigenvalue weighted by molar-refractivity contribution is -0.134. The Labute approximate surface area is 113 Å². The van der Waals surface area contributed by atoms with Gasteiger partial charge in [0, 0.05) is 6.08 Å². The maximum absolute atomic E-state index is 10.8. The highest BCUT2D eigenvalue weighted by molar-refractivity contribution is 5.82.